The summed E-state index contributed by atoms with van der Waals surface area (Å²) in [6.45, 7) is 0. The predicted octanol–water partition coefficient (Wildman–Crippen LogP) is 3.37. The third kappa shape index (κ3) is 2.85. The Hall–Kier alpha value is -3.55. The van der Waals surface area contributed by atoms with E-state index in [4.69, 9.17) is 13.9 Å². The number of aromatic nitrogens is 4. The molecule has 0 saturated carbocycles. The number of hydrogen-bond acceptors (Lipinski definition) is 7. The third-order valence-electron chi connectivity index (χ3n) is 3.75. The van der Waals surface area contributed by atoms with E-state index in [1.165, 1.54) is 0 Å². The molecule has 0 aliphatic carbocycles. The highest BCUT2D eigenvalue weighted by atomic mass is 16.5. The normalized spacial score (nSPS) is 10.8. The molecule has 8 nitrogen and oxygen atoms in total. The monoisotopic (exact) mass is 337 g/mol. The van der Waals surface area contributed by atoms with Gasteiger partial charge in [0.25, 0.3) is 6.01 Å². The van der Waals surface area contributed by atoms with Crippen LogP contribution in [-0.4, -0.2) is 34.6 Å². The Morgan fingerprint density at radius 1 is 1.04 bits per heavy atom. The van der Waals surface area contributed by atoms with E-state index in [0.29, 0.717) is 23.3 Å². The maximum atomic E-state index is 5.78. The van der Waals surface area contributed by atoms with E-state index >= 15 is 0 Å². The van der Waals surface area contributed by atoms with Crippen LogP contribution in [0, 0.1) is 0 Å². The molecule has 2 aromatic heterocycles. The molecule has 2 aromatic carbocycles. The van der Waals surface area contributed by atoms with E-state index in [0.717, 1.165) is 22.3 Å². The number of oxazole rings is 1. The minimum atomic E-state index is 0.382. The van der Waals surface area contributed by atoms with Gasteiger partial charge in [-0.15, -0.1) is 5.10 Å². The SMILES string of the molecule is COc1ccc(-c2cnc(Nc3ccc4[nH]nnc4c3)o2)cc1OC. The molecule has 0 unspecified atom stereocenters. The van der Waals surface area contributed by atoms with Crippen molar-refractivity contribution in [1.29, 1.82) is 0 Å². The molecule has 4 rings (SSSR count). The molecule has 4 aromatic rings. The number of methoxy groups -OCH3 is 2. The van der Waals surface area contributed by atoms with Gasteiger partial charge >= 0.3 is 0 Å². The molecule has 0 saturated heterocycles. The number of ether oxygens (including phenoxy) is 2. The first-order chi connectivity index (χ1) is 12.3. The first kappa shape index (κ1) is 15.0. The minimum absolute atomic E-state index is 0.382. The van der Waals surface area contributed by atoms with Crippen molar-refractivity contribution in [2.24, 2.45) is 0 Å². The van der Waals surface area contributed by atoms with Gasteiger partial charge in [-0.3, -0.25) is 5.10 Å². The van der Waals surface area contributed by atoms with Crippen molar-refractivity contribution < 1.29 is 13.9 Å². The van der Waals surface area contributed by atoms with E-state index in [-0.39, 0.29) is 0 Å². The van der Waals surface area contributed by atoms with Gasteiger partial charge in [-0.25, -0.2) is 4.98 Å². The summed E-state index contributed by atoms with van der Waals surface area (Å²) >= 11 is 0. The van der Waals surface area contributed by atoms with Crippen molar-refractivity contribution in [1.82, 2.24) is 20.4 Å². The number of rotatable bonds is 5. The zero-order valence-electron chi connectivity index (χ0n) is 13.6. The lowest BCUT2D eigenvalue weighted by Gasteiger charge is -2.08. The number of nitrogens with one attached hydrogen (secondary N) is 2. The van der Waals surface area contributed by atoms with E-state index in [1.54, 1.807) is 20.4 Å². The highest BCUT2D eigenvalue weighted by Gasteiger charge is 2.11. The molecular formula is C17H15N5O3. The Labute approximate surface area is 142 Å². The number of fused-ring (bicyclic) bond motifs is 1. The van der Waals surface area contributed by atoms with Gasteiger partial charge < -0.3 is 19.2 Å². The van der Waals surface area contributed by atoms with Crippen LogP contribution in [0.25, 0.3) is 22.4 Å². The van der Waals surface area contributed by atoms with Gasteiger partial charge in [0.1, 0.15) is 5.52 Å². The van der Waals surface area contributed by atoms with Crippen molar-refractivity contribution in [2.45, 2.75) is 0 Å². The maximum absolute atomic E-state index is 5.78. The van der Waals surface area contributed by atoms with Gasteiger partial charge in [-0.1, -0.05) is 5.21 Å². The van der Waals surface area contributed by atoms with Crippen molar-refractivity contribution in [2.75, 3.05) is 19.5 Å². The number of H-pyrrole nitrogens is 1. The molecule has 0 spiro atoms. The fourth-order valence-electron chi connectivity index (χ4n) is 2.50. The van der Waals surface area contributed by atoms with Gasteiger partial charge in [0, 0.05) is 11.3 Å². The lowest BCUT2D eigenvalue weighted by Crippen LogP contribution is -1.90. The summed E-state index contributed by atoms with van der Waals surface area (Å²) in [6.07, 6.45) is 1.65. The molecule has 0 aliphatic rings. The lowest BCUT2D eigenvalue weighted by molar-refractivity contribution is 0.355. The molecule has 0 aliphatic heterocycles. The largest absolute Gasteiger partial charge is 0.493 e. The first-order valence-corrected chi connectivity index (χ1v) is 7.53. The summed E-state index contributed by atoms with van der Waals surface area (Å²) in [6, 6.07) is 11.6. The summed E-state index contributed by atoms with van der Waals surface area (Å²) in [5.41, 5.74) is 3.27. The summed E-state index contributed by atoms with van der Waals surface area (Å²) < 4.78 is 16.3. The molecule has 0 amide bonds. The van der Waals surface area contributed by atoms with Crippen LogP contribution in [0.15, 0.2) is 47.0 Å². The second kappa shape index (κ2) is 6.16. The topological polar surface area (TPSA) is 98.1 Å². The second-order valence-corrected chi connectivity index (χ2v) is 5.27. The molecule has 2 heterocycles. The Bertz CT molecular complexity index is 1020. The highest BCUT2D eigenvalue weighted by molar-refractivity contribution is 5.78. The summed E-state index contributed by atoms with van der Waals surface area (Å²) in [5.74, 6) is 1.90. The molecule has 0 fully saturated rings. The quantitative estimate of drug-likeness (QED) is 0.576. The Morgan fingerprint density at radius 2 is 1.92 bits per heavy atom. The molecule has 0 bridgehead atoms. The number of anilines is 2. The number of hydrogen-bond donors (Lipinski definition) is 2. The van der Waals surface area contributed by atoms with Crippen LogP contribution in [0.5, 0.6) is 11.5 Å². The molecule has 8 heteroatoms. The van der Waals surface area contributed by atoms with Crippen LogP contribution in [-0.2, 0) is 0 Å². The fourth-order valence-corrected chi connectivity index (χ4v) is 2.50. The number of nitrogens with zero attached hydrogens (tertiary/aromatic N) is 3. The van der Waals surface area contributed by atoms with Crippen molar-refractivity contribution in [3.8, 4) is 22.8 Å². The Morgan fingerprint density at radius 3 is 2.76 bits per heavy atom. The zero-order valence-corrected chi connectivity index (χ0v) is 13.6. The molecular weight excluding hydrogens is 322 g/mol. The highest BCUT2D eigenvalue weighted by Crippen LogP contribution is 2.33. The van der Waals surface area contributed by atoms with Crippen molar-refractivity contribution in [3.05, 3.63) is 42.6 Å². The predicted molar refractivity (Wildman–Crippen MR) is 92.2 cm³/mol. The van der Waals surface area contributed by atoms with Crippen LogP contribution >= 0.6 is 0 Å². The van der Waals surface area contributed by atoms with E-state index in [2.05, 4.69) is 25.7 Å². The van der Waals surface area contributed by atoms with E-state index in [9.17, 15) is 0 Å². The van der Waals surface area contributed by atoms with Gasteiger partial charge in [0.05, 0.1) is 25.9 Å². The molecule has 0 atom stereocenters. The van der Waals surface area contributed by atoms with Crippen LogP contribution in [0.2, 0.25) is 0 Å². The van der Waals surface area contributed by atoms with Crippen molar-refractivity contribution in [3.63, 3.8) is 0 Å². The zero-order chi connectivity index (χ0) is 17.2. The summed E-state index contributed by atoms with van der Waals surface area (Å²) in [5, 5.41) is 13.7. The third-order valence-corrected chi connectivity index (χ3v) is 3.75. The molecule has 126 valence electrons. The van der Waals surface area contributed by atoms with Gasteiger partial charge in [0.15, 0.2) is 17.3 Å². The van der Waals surface area contributed by atoms with Crippen LogP contribution in [0.3, 0.4) is 0 Å². The van der Waals surface area contributed by atoms with Crippen LogP contribution in [0.1, 0.15) is 0 Å². The van der Waals surface area contributed by atoms with Crippen molar-refractivity contribution >= 4 is 22.7 Å². The smallest absolute Gasteiger partial charge is 0.299 e. The minimum Gasteiger partial charge on any atom is -0.493 e. The van der Waals surface area contributed by atoms with Crippen LogP contribution in [0.4, 0.5) is 11.7 Å². The summed E-state index contributed by atoms with van der Waals surface area (Å²) in [7, 11) is 3.19. The lowest BCUT2D eigenvalue weighted by atomic mass is 10.1. The Balaban J connectivity index is 1.59. The van der Waals surface area contributed by atoms with Gasteiger partial charge in [0.2, 0.25) is 0 Å². The van der Waals surface area contributed by atoms with Gasteiger partial charge in [-0.2, -0.15) is 0 Å². The average Bonchev–Trinajstić information content (AvgIpc) is 3.30. The molecule has 25 heavy (non-hydrogen) atoms. The Kier molecular flexibility index (Phi) is 3.70. The molecule has 0 radical (unpaired) electrons. The first-order valence-electron chi connectivity index (χ1n) is 7.53. The van der Waals surface area contributed by atoms with Gasteiger partial charge in [-0.05, 0) is 36.4 Å². The van der Waals surface area contributed by atoms with E-state index < -0.39 is 0 Å². The second-order valence-electron chi connectivity index (χ2n) is 5.27. The number of benzene rings is 2. The summed E-state index contributed by atoms with van der Waals surface area (Å²) in [4.78, 5) is 4.26. The molecule has 2 N–H and O–H groups in total. The fraction of sp³-hybridized carbons (Fsp3) is 0.118. The number of aromatic amines is 1. The average molecular weight is 337 g/mol. The van der Waals surface area contributed by atoms with Crippen LogP contribution < -0.4 is 14.8 Å². The maximum Gasteiger partial charge on any atom is 0.299 e. The standard InChI is InChI=1S/C17H15N5O3/c1-23-14-6-3-10(7-15(14)24-2)16-9-18-17(25-16)19-11-4-5-12-13(8-11)21-22-20-12/h3-9H,1-2H3,(H,18,19)(H,20,21,22). The van der Waals surface area contributed by atoms with E-state index in [1.807, 2.05) is 36.4 Å².